The molecule has 0 bridgehead atoms. The van der Waals surface area contributed by atoms with Gasteiger partial charge in [-0.2, -0.15) is 0 Å². The maximum absolute atomic E-state index is 12.9. The number of ketones is 1. The molecule has 1 aromatic rings. The van der Waals surface area contributed by atoms with Gasteiger partial charge in [0.05, 0.1) is 13.7 Å². The van der Waals surface area contributed by atoms with E-state index in [1.165, 1.54) is 13.2 Å². The summed E-state index contributed by atoms with van der Waals surface area (Å²) in [7, 11) is 2.95. The van der Waals surface area contributed by atoms with Crippen LogP contribution in [-0.4, -0.2) is 31.5 Å². The molecule has 76 valence electrons. The van der Waals surface area contributed by atoms with E-state index in [0.717, 1.165) is 6.07 Å². The highest BCUT2D eigenvalue weighted by molar-refractivity contribution is 5.95. The molecule has 0 radical (unpaired) electrons. The molecule has 0 atom stereocenters. The summed E-state index contributed by atoms with van der Waals surface area (Å²) in [4.78, 5) is 15.0. The molecule has 0 aliphatic carbocycles. The van der Waals surface area contributed by atoms with Crippen LogP contribution < -0.4 is 10.1 Å². The van der Waals surface area contributed by atoms with Gasteiger partial charge in [-0.15, -0.1) is 0 Å². The van der Waals surface area contributed by atoms with Gasteiger partial charge in [0.2, 0.25) is 0 Å². The number of likely N-dealkylation sites (N-methyl/N-ethyl adjacent to an activating group) is 1. The van der Waals surface area contributed by atoms with Gasteiger partial charge in [-0.3, -0.25) is 4.79 Å². The molecular weight excluding hydrogens is 187 g/mol. The first-order valence-corrected chi connectivity index (χ1v) is 4.07. The molecule has 0 unspecified atom stereocenters. The molecule has 0 aliphatic rings. The van der Waals surface area contributed by atoms with E-state index in [1.54, 1.807) is 7.05 Å². The van der Waals surface area contributed by atoms with Gasteiger partial charge in [0.15, 0.2) is 11.6 Å². The molecule has 0 fully saturated rings. The van der Waals surface area contributed by atoms with Crippen LogP contribution in [0.25, 0.3) is 0 Å². The normalized spacial score (nSPS) is 9.93. The van der Waals surface area contributed by atoms with Crippen LogP contribution in [0.15, 0.2) is 12.1 Å². The van der Waals surface area contributed by atoms with E-state index < -0.39 is 5.82 Å². The molecule has 5 heteroatoms. The van der Waals surface area contributed by atoms with Gasteiger partial charge < -0.3 is 10.1 Å². The van der Waals surface area contributed by atoms with Crippen molar-refractivity contribution < 1.29 is 13.9 Å². The van der Waals surface area contributed by atoms with Crippen molar-refractivity contribution in [2.45, 2.75) is 0 Å². The Morgan fingerprint density at radius 3 is 2.93 bits per heavy atom. The lowest BCUT2D eigenvalue weighted by atomic mass is 10.2. The Morgan fingerprint density at radius 1 is 1.64 bits per heavy atom. The minimum atomic E-state index is -0.575. The second-order valence-corrected chi connectivity index (χ2v) is 2.64. The third-order valence-corrected chi connectivity index (χ3v) is 1.63. The maximum atomic E-state index is 12.9. The number of carbonyl (C=O) groups is 1. The van der Waals surface area contributed by atoms with Crippen molar-refractivity contribution in [3.8, 4) is 5.88 Å². The van der Waals surface area contributed by atoms with E-state index in [-0.39, 0.29) is 23.9 Å². The van der Waals surface area contributed by atoms with Crippen molar-refractivity contribution in [2.24, 2.45) is 0 Å². The number of hydrogen-bond donors (Lipinski definition) is 1. The Balaban J connectivity index is 2.94. The minimum absolute atomic E-state index is 0.160. The molecule has 0 aliphatic heterocycles. The largest absolute Gasteiger partial charge is 0.479 e. The monoisotopic (exact) mass is 198 g/mol. The fourth-order valence-corrected chi connectivity index (χ4v) is 0.973. The zero-order valence-corrected chi connectivity index (χ0v) is 8.00. The molecule has 0 amide bonds. The number of ether oxygens (including phenoxy) is 1. The lowest BCUT2D eigenvalue weighted by molar-refractivity contribution is 0.0988. The van der Waals surface area contributed by atoms with E-state index in [9.17, 15) is 9.18 Å². The van der Waals surface area contributed by atoms with E-state index in [2.05, 4.69) is 15.0 Å². The smallest absolute Gasteiger partial charge is 0.250 e. The van der Waals surface area contributed by atoms with Gasteiger partial charge in [0.1, 0.15) is 5.69 Å². The Bertz CT molecular complexity index is 342. The molecule has 1 aromatic heterocycles. The summed E-state index contributed by atoms with van der Waals surface area (Å²) in [6.45, 7) is 0.168. The van der Waals surface area contributed by atoms with Crippen molar-refractivity contribution in [1.29, 1.82) is 0 Å². The quantitative estimate of drug-likeness (QED) is 0.721. The third-order valence-electron chi connectivity index (χ3n) is 1.63. The fraction of sp³-hybridized carbons (Fsp3) is 0.333. The summed E-state index contributed by atoms with van der Waals surface area (Å²) < 4.78 is 17.6. The third kappa shape index (κ3) is 2.26. The standard InChI is InChI=1S/C9H11FN2O2/c1-11-5-8(13)7-4-3-6(10)9(12-7)14-2/h3-4,11H,5H2,1-2H3. The molecule has 0 saturated carbocycles. The van der Waals surface area contributed by atoms with Crippen LogP contribution in [0.4, 0.5) is 4.39 Å². The highest BCUT2D eigenvalue weighted by Gasteiger charge is 2.10. The predicted molar refractivity (Wildman–Crippen MR) is 49.0 cm³/mol. The molecule has 1 rings (SSSR count). The van der Waals surface area contributed by atoms with Gasteiger partial charge in [0.25, 0.3) is 5.88 Å². The molecule has 0 aromatic carbocycles. The second-order valence-electron chi connectivity index (χ2n) is 2.64. The molecule has 14 heavy (non-hydrogen) atoms. The second kappa shape index (κ2) is 4.66. The van der Waals surface area contributed by atoms with Crippen LogP contribution in [0, 0.1) is 5.82 Å². The van der Waals surface area contributed by atoms with Gasteiger partial charge >= 0.3 is 0 Å². The Hall–Kier alpha value is -1.49. The number of pyridine rings is 1. The Labute approximate surface area is 81.1 Å². The molecule has 0 spiro atoms. The first-order chi connectivity index (χ1) is 6.69. The number of nitrogens with one attached hydrogen (secondary N) is 1. The van der Waals surface area contributed by atoms with Gasteiger partial charge in [-0.25, -0.2) is 9.37 Å². The average molecular weight is 198 g/mol. The number of nitrogens with zero attached hydrogens (tertiary/aromatic N) is 1. The number of aromatic nitrogens is 1. The van der Waals surface area contributed by atoms with E-state index in [0.29, 0.717) is 0 Å². The summed E-state index contributed by atoms with van der Waals surface area (Å²) >= 11 is 0. The summed E-state index contributed by atoms with van der Waals surface area (Å²) in [5.41, 5.74) is 0.192. The van der Waals surface area contributed by atoms with Crippen LogP contribution >= 0.6 is 0 Å². The van der Waals surface area contributed by atoms with E-state index >= 15 is 0 Å². The maximum Gasteiger partial charge on any atom is 0.250 e. The van der Waals surface area contributed by atoms with Crippen LogP contribution in [-0.2, 0) is 0 Å². The lowest BCUT2D eigenvalue weighted by Gasteiger charge is -2.03. The molecule has 1 N–H and O–H groups in total. The highest BCUT2D eigenvalue weighted by atomic mass is 19.1. The van der Waals surface area contributed by atoms with E-state index in [1.807, 2.05) is 0 Å². The van der Waals surface area contributed by atoms with Crippen LogP contribution in [0.3, 0.4) is 0 Å². The average Bonchev–Trinajstić information content (AvgIpc) is 2.19. The molecule has 1 heterocycles. The molecule has 4 nitrogen and oxygen atoms in total. The predicted octanol–water partition coefficient (Wildman–Crippen LogP) is 0.631. The van der Waals surface area contributed by atoms with Gasteiger partial charge in [-0.1, -0.05) is 0 Å². The van der Waals surface area contributed by atoms with Crippen molar-refractivity contribution in [1.82, 2.24) is 10.3 Å². The highest BCUT2D eigenvalue weighted by Crippen LogP contribution is 2.13. The van der Waals surface area contributed by atoms with Crippen molar-refractivity contribution >= 4 is 5.78 Å². The number of carbonyl (C=O) groups excluding carboxylic acids is 1. The zero-order valence-electron chi connectivity index (χ0n) is 8.00. The Kier molecular flexibility index (Phi) is 3.53. The van der Waals surface area contributed by atoms with Crippen LogP contribution in [0.5, 0.6) is 5.88 Å². The number of rotatable bonds is 4. The number of hydrogen-bond acceptors (Lipinski definition) is 4. The Morgan fingerprint density at radius 2 is 2.36 bits per heavy atom. The topological polar surface area (TPSA) is 51.2 Å². The number of Topliss-reactive ketones (excluding diaryl/α,β-unsaturated/α-hetero) is 1. The van der Waals surface area contributed by atoms with Gasteiger partial charge in [0, 0.05) is 0 Å². The summed E-state index contributed by atoms with van der Waals surface area (Å²) in [5.74, 6) is -0.939. The lowest BCUT2D eigenvalue weighted by Crippen LogP contribution is -2.19. The van der Waals surface area contributed by atoms with Crippen LogP contribution in [0.2, 0.25) is 0 Å². The summed E-state index contributed by atoms with van der Waals surface area (Å²) in [6.07, 6.45) is 0. The summed E-state index contributed by atoms with van der Waals surface area (Å²) in [5, 5.41) is 2.69. The van der Waals surface area contributed by atoms with Gasteiger partial charge in [-0.05, 0) is 19.2 Å². The molecule has 0 saturated heterocycles. The fourth-order valence-electron chi connectivity index (χ4n) is 0.973. The molecular formula is C9H11FN2O2. The van der Waals surface area contributed by atoms with E-state index in [4.69, 9.17) is 0 Å². The zero-order chi connectivity index (χ0) is 10.6. The van der Waals surface area contributed by atoms with Crippen molar-refractivity contribution in [3.63, 3.8) is 0 Å². The SMILES string of the molecule is CNCC(=O)c1ccc(F)c(OC)n1. The summed E-state index contributed by atoms with van der Waals surface area (Å²) in [6, 6.07) is 2.49. The number of halogens is 1. The van der Waals surface area contributed by atoms with Crippen LogP contribution in [0.1, 0.15) is 10.5 Å². The minimum Gasteiger partial charge on any atom is -0.479 e. The number of methoxy groups -OCH3 is 1. The van der Waals surface area contributed by atoms with Crippen molar-refractivity contribution in [3.05, 3.63) is 23.6 Å². The first-order valence-electron chi connectivity index (χ1n) is 4.07. The first kappa shape index (κ1) is 10.6. The van der Waals surface area contributed by atoms with Crippen molar-refractivity contribution in [2.75, 3.05) is 20.7 Å².